The first-order valence-electron chi connectivity index (χ1n) is 19.4. The molecular weight excluding hydrogens is 679 g/mol. The first-order chi connectivity index (χ1) is 25.7. The molecule has 2 saturated heterocycles. The smallest absolute Gasteiger partial charge is 0.146 e. The quantitative estimate of drug-likeness (QED) is 0.0711. The predicted octanol–water partition coefficient (Wildman–Crippen LogP) is 5.77. The van der Waals surface area contributed by atoms with Gasteiger partial charge in [-0.1, -0.05) is 39.5 Å². The van der Waals surface area contributed by atoms with Gasteiger partial charge in [0.1, 0.15) is 45.2 Å². The summed E-state index contributed by atoms with van der Waals surface area (Å²) in [6, 6.07) is 8.23. The summed E-state index contributed by atoms with van der Waals surface area (Å²) in [5.74, 6) is 10.7. The van der Waals surface area contributed by atoms with Gasteiger partial charge in [-0.3, -0.25) is 9.80 Å². The Morgan fingerprint density at radius 2 is 0.981 bits per heavy atom. The third-order valence-corrected chi connectivity index (χ3v) is 11.7. The number of hydrogen-bond acceptors (Lipinski definition) is 10. The van der Waals surface area contributed by atoms with Gasteiger partial charge in [0.15, 0.2) is 0 Å². The average Bonchev–Trinajstić information content (AvgIpc) is 4.08. The monoisotopic (exact) mass is 744 g/mol. The minimum atomic E-state index is -0.230. The fourth-order valence-electron chi connectivity index (χ4n) is 8.63. The highest BCUT2D eigenvalue weighted by Gasteiger charge is 2.63. The molecule has 11 heteroatoms. The Hall–Kier alpha value is -2.13. The Morgan fingerprint density at radius 3 is 1.40 bits per heavy atom. The Balaban J connectivity index is 0.000000245. The number of hydrogen-bond donors (Lipinski definition) is 0. The summed E-state index contributed by atoms with van der Waals surface area (Å²) in [4.78, 5) is 5.10. The lowest BCUT2D eigenvalue weighted by Gasteiger charge is -2.37. The summed E-state index contributed by atoms with van der Waals surface area (Å²) < 4.78 is 57.5. The Kier molecular flexibility index (Phi) is 18.5. The highest BCUT2D eigenvalue weighted by molar-refractivity contribution is 5.33. The number of methoxy groups -OCH3 is 4. The molecule has 0 amide bonds. The van der Waals surface area contributed by atoms with Crippen LogP contribution in [0.5, 0.6) is 0 Å². The first kappa shape index (κ1) is 43.6. The third kappa shape index (κ3) is 11.7. The van der Waals surface area contributed by atoms with Crippen LogP contribution in [0.15, 0.2) is 24.3 Å². The van der Waals surface area contributed by atoms with Gasteiger partial charge < -0.3 is 37.9 Å². The van der Waals surface area contributed by atoms with Crippen LogP contribution in [0.25, 0.3) is 0 Å². The highest BCUT2D eigenvalue weighted by atomic mass is 19.1. The van der Waals surface area contributed by atoms with E-state index in [2.05, 4.69) is 55.3 Å². The van der Waals surface area contributed by atoms with E-state index in [0.29, 0.717) is 61.4 Å². The van der Waals surface area contributed by atoms with Crippen molar-refractivity contribution >= 4 is 0 Å². The first-order valence-corrected chi connectivity index (χ1v) is 19.4. The topological polar surface area (TPSA) is 79.9 Å². The molecule has 0 aromatic heterocycles. The van der Waals surface area contributed by atoms with Crippen molar-refractivity contribution in [3.8, 4) is 24.2 Å². The fourth-order valence-corrected chi connectivity index (χ4v) is 8.63. The van der Waals surface area contributed by atoms with Crippen LogP contribution in [0.2, 0.25) is 0 Å². The van der Waals surface area contributed by atoms with E-state index in [1.165, 1.54) is 12.1 Å². The number of ether oxygens (including phenoxy) is 8. The van der Waals surface area contributed by atoms with Crippen molar-refractivity contribution < 1.29 is 42.3 Å². The summed E-state index contributed by atoms with van der Waals surface area (Å²) in [5, 5.41) is 0. The second-order valence-electron chi connectivity index (χ2n) is 15.0. The Labute approximate surface area is 318 Å². The number of terminal acetylenes is 1. The SMILES string of the molecule is C#CCCCCN1[C@@H]2C(OCOC)C(OCOC)C(C)C(C)[C@@H]21.COCOC1C(C)C(C)[C@H]2[C@@H](C1OCOC)N2CCCCC#Cc1ccc(F)cc1. The number of fused-ring (bicyclic) bond motifs is 2. The van der Waals surface area contributed by atoms with E-state index in [9.17, 15) is 4.39 Å². The van der Waals surface area contributed by atoms with E-state index < -0.39 is 0 Å². The van der Waals surface area contributed by atoms with Crippen molar-refractivity contribution in [1.82, 2.24) is 9.80 Å². The molecule has 0 radical (unpaired) electrons. The van der Waals surface area contributed by atoms with Gasteiger partial charge in [0.05, 0.1) is 24.3 Å². The molecule has 10 unspecified atom stereocenters. The van der Waals surface area contributed by atoms with Crippen LogP contribution < -0.4 is 0 Å². The van der Waals surface area contributed by atoms with Gasteiger partial charge in [-0.2, -0.15) is 0 Å². The van der Waals surface area contributed by atoms with Gasteiger partial charge in [-0.25, -0.2) is 4.39 Å². The van der Waals surface area contributed by atoms with Gasteiger partial charge in [0.2, 0.25) is 0 Å². The largest absolute Gasteiger partial charge is 0.359 e. The molecule has 0 spiro atoms. The molecule has 1 aromatic rings. The zero-order chi connectivity index (χ0) is 38.3. The normalized spacial score (nSPS) is 35.1. The van der Waals surface area contributed by atoms with Crippen molar-refractivity contribution in [2.75, 3.05) is 68.7 Å². The second-order valence-corrected chi connectivity index (χ2v) is 15.0. The van der Waals surface area contributed by atoms with Crippen molar-refractivity contribution in [2.45, 2.75) is 115 Å². The van der Waals surface area contributed by atoms with E-state index in [4.69, 9.17) is 44.3 Å². The molecule has 10 nitrogen and oxygen atoms in total. The van der Waals surface area contributed by atoms with Crippen molar-refractivity contribution in [3.05, 3.63) is 35.6 Å². The molecule has 1 aromatic carbocycles. The lowest BCUT2D eigenvalue weighted by atomic mass is 9.78. The molecule has 2 aliphatic heterocycles. The lowest BCUT2D eigenvalue weighted by molar-refractivity contribution is -0.183. The van der Waals surface area contributed by atoms with Crippen LogP contribution in [0.3, 0.4) is 0 Å². The van der Waals surface area contributed by atoms with Crippen molar-refractivity contribution in [2.24, 2.45) is 23.7 Å². The van der Waals surface area contributed by atoms with Crippen LogP contribution in [-0.4, -0.2) is 127 Å². The highest BCUT2D eigenvalue weighted by Crippen LogP contribution is 2.50. The zero-order valence-corrected chi connectivity index (χ0v) is 33.3. The molecule has 5 rings (SSSR count). The summed E-state index contributed by atoms with van der Waals surface area (Å²) in [5.41, 5.74) is 0.858. The predicted molar refractivity (Wildman–Crippen MR) is 202 cm³/mol. The maximum Gasteiger partial charge on any atom is 0.146 e. The second kappa shape index (κ2) is 22.4. The van der Waals surface area contributed by atoms with E-state index >= 15 is 0 Å². The standard InChI is InChI=1S/C24H34FNO4.C18H31NO4/c1-17-18(2)23(29-15-27-3)24(30-16-28-4)22-21(17)26(22)14-8-6-5-7-9-19-10-12-20(25)13-11-19;1-6-7-8-9-10-19-15-13(2)14(3)17(22-11-20-4)18(16(15)19)23-12-21-5/h10-13,17-18,21-24H,5-6,8,14-16H2,1-4H3;1,13-18H,7-12H2,2-5H3/t17?,18?,21-,22-,23?,24?,26?;13?,14?,15-,16-,17?,18?,19?/m00/s1. The van der Waals surface area contributed by atoms with Gasteiger partial charge >= 0.3 is 0 Å². The summed E-state index contributed by atoms with van der Waals surface area (Å²) in [6.07, 6.45) is 11.5. The third-order valence-electron chi connectivity index (χ3n) is 11.7. The van der Waals surface area contributed by atoms with E-state index in [1.807, 2.05) is 0 Å². The molecule has 14 atom stereocenters. The molecule has 2 heterocycles. The van der Waals surface area contributed by atoms with Crippen LogP contribution in [0.1, 0.15) is 71.8 Å². The molecular formula is C42H65FN2O8. The molecule has 2 aliphatic carbocycles. The van der Waals surface area contributed by atoms with Crippen molar-refractivity contribution in [3.63, 3.8) is 0 Å². The number of benzene rings is 1. The molecule has 298 valence electrons. The van der Waals surface area contributed by atoms with E-state index in [1.54, 1.807) is 40.6 Å². The van der Waals surface area contributed by atoms with Crippen LogP contribution >= 0.6 is 0 Å². The number of likely N-dealkylation sites (tertiary alicyclic amines) is 2. The van der Waals surface area contributed by atoms with E-state index in [-0.39, 0.29) is 43.8 Å². The number of rotatable bonds is 20. The molecule has 4 aliphatic rings. The number of halogens is 1. The molecule has 53 heavy (non-hydrogen) atoms. The summed E-state index contributed by atoms with van der Waals surface area (Å²) in [7, 11) is 6.60. The van der Waals surface area contributed by atoms with Crippen LogP contribution in [0.4, 0.5) is 4.39 Å². The van der Waals surface area contributed by atoms with Crippen molar-refractivity contribution in [1.29, 1.82) is 0 Å². The van der Waals surface area contributed by atoms with Gasteiger partial charge in [-0.15, -0.1) is 12.3 Å². The maximum atomic E-state index is 12.9. The Morgan fingerprint density at radius 1 is 0.566 bits per heavy atom. The van der Waals surface area contributed by atoms with E-state index in [0.717, 1.165) is 57.2 Å². The number of unbranched alkanes of at least 4 members (excludes halogenated alkanes) is 4. The van der Waals surface area contributed by atoms with Crippen LogP contribution in [0, 0.1) is 53.7 Å². The number of nitrogens with zero attached hydrogens (tertiary/aromatic N) is 2. The fraction of sp³-hybridized carbons (Fsp3) is 0.762. The average molecular weight is 745 g/mol. The Bertz CT molecular complexity index is 1300. The van der Waals surface area contributed by atoms with Gasteiger partial charge in [0, 0.05) is 58.9 Å². The molecule has 4 fully saturated rings. The van der Waals surface area contributed by atoms with Gasteiger partial charge in [-0.05, 0) is 86.7 Å². The molecule has 0 bridgehead atoms. The molecule has 2 saturated carbocycles. The van der Waals surface area contributed by atoms with Crippen LogP contribution in [-0.2, 0) is 37.9 Å². The summed E-state index contributed by atoms with van der Waals surface area (Å²) >= 11 is 0. The minimum Gasteiger partial charge on any atom is -0.359 e. The minimum absolute atomic E-state index is 0.00271. The zero-order valence-electron chi connectivity index (χ0n) is 33.3. The lowest BCUT2D eigenvalue weighted by Crippen LogP contribution is -2.49. The maximum absolute atomic E-state index is 12.9. The van der Waals surface area contributed by atoms with Gasteiger partial charge in [0.25, 0.3) is 0 Å². The summed E-state index contributed by atoms with van der Waals surface area (Å²) in [6.45, 7) is 12.4. The molecule has 0 N–H and O–H groups in total.